The molecule has 4 heteroatoms. The molecule has 4 aromatic heterocycles. The minimum atomic E-state index is -0.420. The van der Waals surface area contributed by atoms with Crippen molar-refractivity contribution < 1.29 is 6.85 Å². The van der Waals surface area contributed by atoms with Gasteiger partial charge >= 0.3 is 0 Å². The Hall–Kier alpha value is -5.45. The number of aromatic nitrogens is 3. The van der Waals surface area contributed by atoms with Crippen LogP contribution in [0.1, 0.15) is 6.85 Å². The van der Waals surface area contributed by atoms with Crippen molar-refractivity contribution in [2.45, 2.75) is 0 Å². The SMILES string of the molecule is [2H]c1c([2H])c([2H])c(-c2cnc3c(ccc4ccc(-c5cccc(-c6cccc7c6ccc6c8ccccc8sc76)n5)nc43)c2)c([2H])c1[2H]. The topological polar surface area (TPSA) is 38.7 Å². The monoisotopic (exact) mass is 570 g/mol. The molecule has 3 nitrogen and oxygen atoms in total. The maximum Gasteiger partial charge on any atom is 0.0972 e. The van der Waals surface area contributed by atoms with Gasteiger partial charge in [0.05, 0.1) is 35.0 Å². The highest BCUT2D eigenvalue weighted by molar-refractivity contribution is 7.26. The molecule has 0 spiro atoms. The van der Waals surface area contributed by atoms with E-state index in [1.807, 2.05) is 53.8 Å². The lowest BCUT2D eigenvalue weighted by Crippen LogP contribution is -1.93. The second-order valence-electron chi connectivity index (χ2n) is 10.5. The van der Waals surface area contributed by atoms with E-state index in [1.165, 1.54) is 25.6 Å². The van der Waals surface area contributed by atoms with Gasteiger partial charge in [0, 0.05) is 53.7 Å². The standard InChI is InChI=1S/C39H23N3S/c1-2-8-24(9-3-1)27-22-26-17-16-25-18-21-35(42-38(25)37(26)40-23-27)34-14-7-13-33(41-34)29-11-6-12-31-28(29)19-20-32-30-10-4-5-15-36(30)43-39(31)32/h1-23H/i1D,2D,3D,8D,9D. The lowest BCUT2D eigenvalue weighted by atomic mass is 9.99. The molecule has 0 fully saturated rings. The Labute approximate surface area is 258 Å². The highest BCUT2D eigenvalue weighted by Gasteiger charge is 2.14. The number of nitrogens with zero attached hydrogens (tertiary/aromatic N) is 3. The Morgan fingerprint density at radius 1 is 0.535 bits per heavy atom. The van der Waals surface area contributed by atoms with Crippen molar-refractivity contribution in [1.82, 2.24) is 15.0 Å². The Morgan fingerprint density at radius 3 is 2.23 bits per heavy atom. The van der Waals surface area contributed by atoms with Gasteiger partial charge in [0.15, 0.2) is 0 Å². The zero-order valence-electron chi connectivity index (χ0n) is 27.6. The van der Waals surface area contributed by atoms with Gasteiger partial charge in [-0.25, -0.2) is 9.97 Å². The Kier molecular flexibility index (Phi) is 4.36. The van der Waals surface area contributed by atoms with Crippen molar-refractivity contribution in [3.05, 3.63) is 140 Å². The number of rotatable bonds is 3. The second kappa shape index (κ2) is 9.55. The van der Waals surface area contributed by atoms with Crippen molar-refractivity contribution in [1.29, 1.82) is 0 Å². The van der Waals surface area contributed by atoms with E-state index in [0.717, 1.165) is 33.1 Å². The van der Waals surface area contributed by atoms with Crippen LogP contribution in [0, 0.1) is 0 Å². The van der Waals surface area contributed by atoms with Gasteiger partial charge in [-0.1, -0.05) is 103 Å². The van der Waals surface area contributed by atoms with Gasteiger partial charge in [-0.2, -0.15) is 0 Å². The van der Waals surface area contributed by atoms with E-state index in [1.54, 1.807) is 12.3 Å². The fourth-order valence-corrected chi connectivity index (χ4v) is 7.18. The van der Waals surface area contributed by atoms with E-state index >= 15 is 0 Å². The highest BCUT2D eigenvalue weighted by Crippen LogP contribution is 2.40. The molecule has 0 saturated carbocycles. The van der Waals surface area contributed by atoms with Gasteiger partial charge in [0.25, 0.3) is 0 Å². The zero-order valence-corrected chi connectivity index (χ0v) is 23.5. The van der Waals surface area contributed by atoms with Crippen LogP contribution in [0.25, 0.3) is 86.5 Å². The van der Waals surface area contributed by atoms with Crippen LogP contribution in [0.15, 0.2) is 140 Å². The number of hydrogen-bond acceptors (Lipinski definition) is 4. The number of hydrogen-bond donors (Lipinski definition) is 0. The molecular weight excluding hydrogens is 543 g/mol. The third-order valence-corrected chi connectivity index (χ3v) is 9.21. The number of fused-ring (bicyclic) bond motifs is 8. The molecule has 0 radical (unpaired) electrons. The summed E-state index contributed by atoms with van der Waals surface area (Å²) < 4.78 is 43.4. The molecule has 0 saturated heterocycles. The first-order valence-corrected chi connectivity index (χ1v) is 14.8. The van der Waals surface area contributed by atoms with E-state index < -0.39 is 6.04 Å². The van der Waals surface area contributed by atoms with Crippen molar-refractivity contribution in [2.75, 3.05) is 0 Å². The first-order chi connectivity index (χ1) is 23.4. The van der Waals surface area contributed by atoms with Crippen molar-refractivity contribution in [3.63, 3.8) is 0 Å². The minimum absolute atomic E-state index is 0.125. The van der Waals surface area contributed by atoms with Gasteiger partial charge in [0.2, 0.25) is 0 Å². The number of pyridine rings is 3. The first kappa shape index (κ1) is 19.6. The Morgan fingerprint density at radius 2 is 1.28 bits per heavy atom. The minimum Gasteiger partial charge on any atom is -0.253 e. The van der Waals surface area contributed by atoms with Gasteiger partial charge in [-0.3, -0.25) is 4.98 Å². The zero-order chi connectivity index (χ0) is 32.7. The molecule has 0 aliphatic carbocycles. The summed E-state index contributed by atoms with van der Waals surface area (Å²) in [6.45, 7) is 0. The molecule has 0 bridgehead atoms. The molecular formula is C39H23N3S. The molecule has 0 amide bonds. The maximum atomic E-state index is 8.40. The van der Waals surface area contributed by atoms with Crippen LogP contribution >= 0.6 is 11.3 Å². The summed E-state index contributed by atoms with van der Waals surface area (Å²) in [5.41, 5.74) is 5.29. The Balaban J connectivity index is 1.15. The van der Waals surface area contributed by atoms with Crippen LogP contribution < -0.4 is 0 Å². The van der Waals surface area contributed by atoms with Gasteiger partial charge in [-0.15, -0.1) is 11.3 Å². The molecule has 43 heavy (non-hydrogen) atoms. The van der Waals surface area contributed by atoms with Crippen LogP contribution in [0.5, 0.6) is 0 Å². The molecule has 5 aromatic carbocycles. The van der Waals surface area contributed by atoms with Gasteiger partial charge in [-0.05, 0) is 41.3 Å². The molecule has 9 rings (SSSR count). The van der Waals surface area contributed by atoms with Crippen LogP contribution in [-0.4, -0.2) is 15.0 Å². The van der Waals surface area contributed by atoms with E-state index in [-0.39, 0.29) is 29.7 Å². The predicted molar refractivity (Wildman–Crippen MR) is 182 cm³/mol. The average molecular weight is 571 g/mol. The fourth-order valence-electron chi connectivity index (χ4n) is 5.95. The smallest absolute Gasteiger partial charge is 0.0972 e. The van der Waals surface area contributed by atoms with Crippen LogP contribution in [0.4, 0.5) is 0 Å². The molecule has 0 atom stereocenters. The third kappa shape index (κ3) is 3.92. The first-order valence-electron chi connectivity index (χ1n) is 16.4. The summed E-state index contributed by atoms with van der Waals surface area (Å²) in [5.74, 6) is 0. The molecule has 200 valence electrons. The van der Waals surface area contributed by atoms with Crippen molar-refractivity contribution in [3.8, 4) is 33.8 Å². The van der Waals surface area contributed by atoms with E-state index in [2.05, 4.69) is 54.6 Å². The van der Waals surface area contributed by atoms with Gasteiger partial charge in [0.1, 0.15) is 0 Å². The summed E-state index contributed by atoms with van der Waals surface area (Å²) in [4.78, 5) is 14.8. The van der Waals surface area contributed by atoms with Crippen molar-refractivity contribution in [2.24, 2.45) is 0 Å². The molecule has 0 aliphatic heterocycles. The highest BCUT2D eigenvalue weighted by atomic mass is 32.1. The number of thiophene rings is 1. The summed E-state index contributed by atoms with van der Waals surface area (Å²) in [6, 6.07) is 33.3. The summed E-state index contributed by atoms with van der Waals surface area (Å²) >= 11 is 1.82. The van der Waals surface area contributed by atoms with E-state index in [9.17, 15) is 0 Å². The van der Waals surface area contributed by atoms with E-state index in [4.69, 9.17) is 21.8 Å². The molecule has 0 N–H and O–H groups in total. The van der Waals surface area contributed by atoms with E-state index in [0.29, 0.717) is 22.3 Å². The molecule has 9 aromatic rings. The van der Waals surface area contributed by atoms with Crippen LogP contribution in [-0.2, 0) is 0 Å². The second-order valence-corrected chi connectivity index (χ2v) is 11.5. The normalized spacial score (nSPS) is 13.3. The third-order valence-electron chi connectivity index (χ3n) is 7.99. The number of benzene rings is 5. The maximum absolute atomic E-state index is 8.40. The fraction of sp³-hybridized carbons (Fsp3) is 0. The quantitative estimate of drug-likeness (QED) is 0.198. The Bertz CT molecular complexity index is 2780. The predicted octanol–water partition coefficient (Wildman–Crippen LogP) is 10.7. The largest absolute Gasteiger partial charge is 0.253 e. The van der Waals surface area contributed by atoms with Crippen LogP contribution in [0.3, 0.4) is 0 Å². The average Bonchev–Trinajstić information content (AvgIpc) is 3.52. The summed E-state index contributed by atoms with van der Waals surface area (Å²) in [6.07, 6.45) is 1.55. The van der Waals surface area contributed by atoms with Gasteiger partial charge < -0.3 is 0 Å². The molecule has 0 aliphatic rings. The summed E-state index contributed by atoms with van der Waals surface area (Å²) in [5, 5.41) is 6.57. The van der Waals surface area contributed by atoms with Crippen molar-refractivity contribution >= 4 is 64.1 Å². The molecule has 4 heterocycles. The summed E-state index contributed by atoms with van der Waals surface area (Å²) in [7, 11) is 0. The lowest BCUT2D eigenvalue weighted by molar-refractivity contribution is 1.28. The van der Waals surface area contributed by atoms with Crippen LogP contribution in [0.2, 0.25) is 0 Å². The molecule has 0 unspecified atom stereocenters. The lowest BCUT2D eigenvalue weighted by Gasteiger charge is -2.10.